The first-order valence-electron chi connectivity index (χ1n) is 15.8. The molecular weight excluding hydrogens is 555 g/mol. The van der Waals surface area contributed by atoms with E-state index in [1.54, 1.807) is 18.2 Å². The maximum absolute atomic E-state index is 14.1. The van der Waals surface area contributed by atoms with E-state index in [-0.39, 0.29) is 59.8 Å². The van der Waals surface area contributed by atoms with Gasteiger partial charge in [-0.05, 0) is 74.9 Å². The fourth-order valence-electron chi connectivity index (χ4n) is 5.86. The summed E-state index contributed by atoms with van der Waals surface area (Å²) in [7, 11) is -2.15. The van der Waals surface area contributed by atoms with Crippen LogP contribution in [0, 0.1) is 17.7 Å². The van der Waals surface area contributed by atoms with Crippen LogP contribution < -0.4 is 4.74 Å². The van der Waals surface area contributed by atoms with Crippen LogP contribution in [-0.2, 0) is 28.2 Å². The van der Waals surface area contributed by atoms with E-state index in [1.165, 1.54) is 6.07 Å². The second-order valence-electron chi connectivity index (χ2n) is 13.3. The molecule has 1 aromatic carbocycles. The maximum atomic E-state index is 14.1. The van der Waals surface area contributed by atoms with Gasteiger partial charge in [-0.25, -0.2) is 4.39 Å². The molecule has 7 nitrogen and oxygen atoms in total. The highest BCUT2D eigenvalue weighted by molar-refractivity contribution is 6.74. The van der Waals surface area contributed by atoms with Gasteiger partial charge in [-0.1, -0.05) is 32.9 Å². The molecule has 3 aliphatic rings. The third-order valence-electron chi connectivity index (χ3n) is 9.18. The lowest BCUT2D eigenvalue weighted by molar-refractivity contribution is -0.201. The van der Waals surface area contributed by atoms with Crippen LogP contribution in [0.3, 0.4) is 0 Å². The van der Waals surface area contributed by atoms with Gasteiger partial charge in [-0.2, -0.15) is 0 Å². The van der Waals surface area contributed by atoms with Gasteiger partial charge < -0.3 is 32.9 Å². The van der Waals surface area contributed by atoms with Crippen LogP contribution in [0.2, 0.25) is 18.1 Å². The van der Waals surface area contributed by atoms with Crippen molar-refractivity contribution in [3.8, 4) is 5.75 Å². The molecule has 0 radical (unpaired) electrons. The minimum atomic E-state index is -2.15. The number of hydrogen-bond acceptors (Lipinski definition) is 7. The maximum Gasteiger partial charge on any atom is 0.199 e. The Bertz CT molecular complexity index is 1010. The van der Waals surface area contributed by atoms with Crippen LogP contribution in [0.5, 0.6) is 5.75 Å². The van der Waals surface area contributed by atoms with Crippen LogP contribution in [-0.4, -0.2) is 59.2 Å². The second-order valence-corrected chi connectivity index (χ2v) is 18.1. The largest absolute Gasteiger partial charge is 0.490 e. The number of ether oxygens (including phenoxy) is 5. The highest BCUT2D eigenvalue weighted by Crippen LogP contribution is 2.47. The average molecular weight is 607 g/mol. The molecule has 2 heterocycles. The Labute approximate surface area is 252 Å². The molecular formula is C33H51FO7Si. The summed E-state index contributed by atoms with van der Waals surface area (Å²) in [5, 5.41) is 0.0226. The van der Waals surface area contributed by atoms with E-state index in [9.17, 15) is 9.18 Å². The zero-order valence-corrected chi connectivity index (χ0v) is 27.1. The first-order valence-corrected chi connectivity index (χ1v) is 18.7. The lowest BCUT2D eigenvalue weighted by atomic mass is 9.88. The molecule has 6 atom stereocenters. The van der Waals surface area contributed by atoms with Gasteiger partial charge in [0.15, 0.2) is 32.5 Å². The summed E-state index contributed by atoms with van der Waals surface area (Å²) in [5.74, 6) is 0.249. The predicted molar refractivity (Wildman–Crippen MR) is 162 cm³/mol. The van der Waals surface area contributed by atoms with Crippen molar-refractivity contribution in [2.75, 3.05) is 19.8 Å². The Morgan fingerprint density at radius 2 is 1.71 bits per heavy atom. The molecule has 2 saturated heterocycles. The molecule has 4 rings (SSSR count). The zero-order chi connectivity index (χ0) is 30.2. The Morgan fingerprint density at radius 1 is 1.02 bits per heavy atom. The third kappa shape index (κ3) is 8.88. The van der Waals surface area contributed by atoms with Gasteiger partial charge in [0.05, 0.1) is 25.4 Å². The molecule has 1 aromatic rings. The molecule has 42 heavy (non-hydrogen) atoms. The summed E-state index contributed by atoms with van der Waals surface area (Å²) in [5.41, 5.74) is 0. The van der Waals surface area contributed by atoms with Crippen LogP contribution in [0.4, 0.5) is 4.39 Å². The summed E-state index contributed by atoms with van der Waals surface area (Å²) < 4.78 is 52.2. The number of aldehydes is 1. The van der Waals surface area contributed by atoms with Crippen molar-refractivity contribution in [3.63, 3.8) is 0 Å². The summed E-state index contributed by atoms with van der Waals surface area (Å²) in [4.78, 5) is 12.1. The fourth-order valence-corrected chi connectivity index (χ4v) is 7.24. The van der Waals surface area contributed by atoms with E-state index in [0.29, 0.717) is 32.5 Å². The van der Waals surface area contributed by atoms with Crippen molar-refractivity contribution < 1.29 is 37.3 Å². The Balaban J connectivity index is 1.62. The summed E-state index contributed by atoms with van der Waals surface area (Å²) in [6.45, 7) is 12.8. The highest BCUT2D eigenvalue weighted by atomic mass is 28.4. The minimum Gasteiger partial charge on any atom is -0.490 e. The molecule has 1 aliphatic carbocycles. The van der Waals surface area contributed by atoms with E-state index in [1.807, 2.05) is 6.08 Å². The van der Waals surface area contributed by atoms with Crippen LogP contribution in [0.1, 0.15) is 78.6 Å². The number of benzene rings is 1. The number of hydrogen-bond donors (Lipinski definition) is 0. The normalized spacial score (nSPS) is 29.3. The highest BCUT2D eigenvalue weighted by Gasteiger charge is 2.51. The zero-order valence-electron chi connectivity index (χ0n) is 26.1. The quantitative estimate of drug-likeness (QED) is 0.0994. The van der Waals surface area contributed by atoms with Gasteiger partial charge in [-0.3, -0.25) is 0 Å². The van der Waals surface area contributed by atoms with Gasteiger partial charge in [0.25, 0.3) is 0 Å². The summed E-state index contributed by atoms with van der Waals surface area (Å²) >= 11 is 0. The lowest BCUT2D eigenvalue weighted by Crippen LogP contribution is -2.45. The standard InChI is InChI=1S/C33H51FO7Si/c1-33(2,3)42(4,5)41-28-23-29(40-31-17-9-11-21-38-31)32(24(28)18-19-35)27(39-30-16-8-10-20-37-30)15-12-22-36-26-14-7-6-13-25(26)34/h6-7,13-15,19,24,28-32H,8-12,16-18,20-23H2,1-5H3/b27-15+/t24-,28?,29+,30?,31?,32+/m1/s1. The fraction of sp³-hybridized carbons (Fsp3) is 0.727. The minimum absolute atomic E-state index is 0.0226. The number of para-hydroxylation sites is 1. The Hall–Kier alpha value is -1.78. The monoisotopic (exact) mass is 606 g/mol. The average Bonchev–Trinajstić information content (AvgIpc) is 3.27. The van der Waals surface area contributed by atoms with E-state index < -0.39 is 8.32 Å². The molecule has 0 bridgehead atoms. The third-order valence-corrected chi connectivity index (χ3v) is 13.7. The summed E-state index contributed by atoms with van der Waals surface area (Å²) in [6, 6.07) is 6.41. The van der Waals surface area contributed by atoms with Gasteiger partial charge >= 0.3 is 0 Å². The lowest BCUT2D eigenvalue weighted by Gasteiger charge is -2.40. The van der Waals surface area contributed by atoms with Gasteiger partial charge in [-0.15, -0.1) is 0 Å². The van der Waals surface area contributed by atoms with Crippen LogP contribution >= 0.6 is 0 Å². The van der Waals surface area contributed by atoms with Crippen LogP contribution in [0.25, 0.3) is 0 Å². The van der Waals surface area contributed by atoms with Gasteiger partial charge in [0.2, 0.25) is 0 Å². The first kappa shape index (κ1) is 33.1. The van der Waals surface area contributed by atoms with Crippen molar-refractivity contribution >= 4 is 14.6 Å². The van der Waals surface area contributed by atoms with Crippen molar-refractivity contribution in [1.82, 2.24) is 0 Å². The molecule has 0 aromatic heterocycles. The van der Waals surface area contributed by atoms with Gasteiger partial charge in [0, 0.05) is 37.7 Å². The van der Waals surface area contributed by atoms with Crippen molar-refractivity contribution in [2.45, 2.75) is 121 Å². The van der Waals surface area contributed by atoms with E-state index >= 15 is 0 Å². The van der Waals surface area contributed by atoms with E-state index in [4.69, 9.17) is 28.1 Å². The number of carbonyl (C=O) groups is 1. The van der Waals surface area contributed by atoms with Crippen LogP contribution in [0.15, 0.2) is 36.1 Å². The SMILES string of the molecule is CC(C)(C)[Si](C)(C)OC1C[C@H](OC2CCCCO2)[C@H](/C(=C\CCOc2ccccc2F)OC2CCCCO2)[C@@H]1CC=O. The summed E-state index contributed by atoms with van der Waals surface area (Å²) in [6.07, 6.45) is 9.27. The predicted octanol–water partition coefficient (Wildman–Crippen LogP) is 7.55. The molecule has 3 unspecified atom stereocenters. The van der Waals surface area contributed by atoms with Crippen molar-refractivity contribution in [1.29, 1.82) is 0 Å². The Kier molecular flexibility index (Phi) is 12.1. The van der Waals surface area contributed by atoms with Gasteiger partial charge in [0.1, 0.15) is 12.0 Å². The van der Waals surface area contributed by atoms with E-state index in [0.717, 1.165) is 50.6 Å². The Morgan fingerprint density at radius 3 is 2.33 bits per heavy atom. The van der Waals surface area contributed by atoms with Crippen molar-refractivity contribution in [3.05, 3.63) is 41.9 Å². The molecule has 1 saturated carbocycles. The second kappa shape index (κ2) is 15.3. The molecule has 2 aliphatic heterocycles. The molecule has 9 heteroatoms. The topological polar surface area (TPSA) is 72.5 Å². The molecule has 236 valence electrons. The molecule has 0 N–H and O–H groups in total. The number of halogens is 1. The molecule has 0 amide bonds. The molecule has 3 fully saturated rings. The number of carbonyl (C=O) groups excluding carboxylic acids is 1. The van der Waals surface area contributed by atoms with E-state index in [2.05, 4.69) is 33.9 Å². The smallest absolute Gasteiger partial charge is 0.199 e. The van der Waals surface area contributed by atoms with Crippen molar-refractivity contribution in [2.24, 2.45) is 11.8 Å². The number of rotatable bonds is 13. The first-order chi connectivity index (χ1) is 20.1. The molecule has 0 spiro atoms.